The molecule has 0 amide bonds. The second-order valence-electron chi connectivity index (χ2n) is 6.75. The van der Waals surface area contributed by atoms with Crippen LogP contribution in [0.1, 0.15) is 64.2 Å². The molecule has 156 valence electrons. The maximum absolute atomic E-state index is 9.10. The van der Waals surface area contributed by atoms with Crippen LogP contribution in [-0.2, 0) is 22.7 Å². The summed E-state index contributed by atoms with van der Waals surface area (Å²) in [6.45, 7) is 2.24. The molecule has 0 saturated carbocycles. The molecular weight excluding hydrogens is 360 g/mol. The van der Waals surface area contributed by atoms with Crippen LogP contribution in [0.4, 0.5) is 0 Å². The molecule has 0 saturated heterocycles. The Morgan fingerprint density at radius 3 is 1.18 bits per heavy atom. The molecule has 8 nitrogen and oxygen atoms in total. The number of hydrogen-bond acceptors (Lipinski definition) is 4. The number of carboxylic acids is 2. The molecule has 0 aliphatic carbocycles. The van der Waals surface area contributed by atoms with Crippen molar-refractivity contribution in [2.24, 2.45) is 0 Å². The predicted molar refractivity (Wildman–Crippen MR) is 106 cm³/mol. The maximum Gasteiger partial charge on any atom is 0.414 e. The van der Waals surface area contributed by atoms with E-state index in [1.807, 2.05) is 37.4 Å². The molecule has 0 unspecified atom stereocenters. The van der Waals surface area contributed by atoms with Gasteiger partial charge in [0.15, 0.2) is 0 Å². The van der Waals surface area contributed by atoms with Gasteiger partial charge >= 0.3 is 11.9 Å². The van der Waals surface area contributed by atoms with E-state index in [9.17, 15) is 0 Å². The minimum Gasteiger partial charge on any atom is -0.473 e. The van der Waals surface area contributed by atoms with Crippen molar-refractivity contribution in [1.29, 1.82) is 0 Å². The Balaban J connectivity index is 0.000000568. The largest absolute Gasteiger partial charge is 0.473 e. The van der Waals surface area contributed by atoms with Crippen molar-refractivity contribution in [2.45, 2.75) is 77.3 Å². The maximum atomic E-state index is 9.10. The number of aromatic nitrogens is 4. The van der Waals surface area contributed by atoms with E-state index in [1.165, 1.54) is 64.2 Å². The van der Waals surface area contributed by atoms with Crippen LogP contribution >= 0.6 is 0 Å². The summed E-state index contributed by atoms with van der Waals surface area (Å²) in [5.41, 5.74) is 0. The zero-order valence-corrected chi connectivity index (χ0v) is 16.4. The van der Waals surface area contributed by atoms with Crippen molar-refractivity contribution in [1.82, 2.24) is 19.1 Å². The van der Waals surface area contributed by atoms with E-state index in [0.29, 0.717) is 0 Å². The third kappa shape index (κ3) is 12.7. The van der Waals surface area contributed by atoms with Crippen molar-refractivity contribution in [3.05, 3.63) is 37.4 Å². The normalized spacial score (nSPS) is 10.3. The minimum absolute atomic E-state index is 1.12. The molecule has 0 aliphatic rings. The number of aryl methyl sites for hydroxylation is 2. The van der Waals surface area contributed by atoms with Gasteiger partial charge in [-0.1, -0.05) is 51.4 Å². The van der Waals surface area contributed by atoms with E-state index in [4.69, 9.17) is 19.8 Å². The van der Waals surface area contributed by atoms with Crippen LogP contribution in [0, 0.1) is 0 Å². The molecule has 2 N–H and O–H groups in total. The summed E-state index contributed by atoms with van der Waals surface area (Å²) in [5.74, 6) is -3.65. The number of aliphatic carboxylic acids is 2. The number of carboxylic acid groups (broad SMARTS) is 2. The quantitative estimate of drug-likeness (QED) is 0.396. The highest BCUT2D eigenvalue weighted by Gasteiger charge is 2.04. The molecule has 2 rings (SSSR count). The fourth-order valence-corrected chi connectivity index (χ4v) is 2.84. The van der Waals surface area contributed by atoms with Gasteiger partial charge in [0.1, 0.15) is 0 Å². The average Bonchev–Trinajstić information content (AvgIpc) is 3.37. The molecule has 28 heavy (non-hydrogen) atoms. The molecule has 0 atom stereocenters. The lowest BCUT2D eigenvalue weighted by Gasteiger charge is -2.04. The van der Waals surface area contributed by atoms with Crippen LogP contribution in [-0.4, -0.2) is 41.3 Å². The highest BCUT2D eigenvalue weighted by Crippen LogP contribution is 2.11. The summed E-state index contributed by atoms with van der Waals surface area (Å²) in [6.07, 6.45) is 25.3. The van der Waals surface area contributed by atoms with Gasteiger partial charge < -0.3 is 19.3 Å². The van der Waals surface area contributed by atoms with Crippen molar-refractivity contribution < 1.29 is 19.8 Å². The Morgan fingerprint density at radius 2 is 0.929 bits per heavy atom. The van der Waals surface area contributed by atoms with Crippen LogP contribution in [0.25, 0.3) is 0 Å². The fraction of sp³-hybridized carbons (Fsp3) is 0.600. The number of rotatable bonds is 13. The molecule has 8 heteroatoms. The lowest BCUT2D eigenvalue weighted by atomic mass is 10.1. The van der Waals surface area contributed by atoms with E-state index in [-0.39, 0.29) is 0 Å². The number of unbranched alkanes of at least 4 members (excludes halogenated alkanes) is 9. The second-order valence-corrected chi connectivity index (χ2v) is 6.75. The third-order valence-electron chi connectivity index (χ3n) is 4.38. The lowest BCUT2D eigenvalue weighted by Crippen LogP contribution is -2.09. The Bertz CT molecular complexity index is 570. The van der Waals surface area contributed by atoms with Gasteiger partial charge in [0.05, 0.1) is 12.7 Å². The van der Waals surface area contributed by atoms with Gasteiger partial charge in [0.2, 0.25) is 0 Å². The molecule has 0 aliphatic heterocycles. The highest BCUT2D eigenvalue weighted by molar-refractivity contribution is 6.27. The van der Waals surface area contributed by atoms with Crippen LogP contribution in [0.3, 0.4) is 0 Å². The first-order valence-electron chi connectivity index (χ1n) is 9.97. The number of nitrogens with zero attached hydrogens (tertiary/aromatic N) is 4. The number of carbonyl (C=O) groups is 2. The molecule has 2 aromatic rings. The van der Waals surface area contributed by atoms with Gasteiger partial charge in [-0.3, -0.25) is 0 Å². The molecule has 0 radical (unpaired) electrons. The summed E-state index contributed by atoms with van der Waals surface area (Å²) in [5, 5.41) is 14.8. The summed E-state index contributed by atoms with van der Waals surface area (Å²) >= 11 is 0. The standard InChI is InChI=1S/C18H30N4.C2H2O4/c1(3-5-7-9-13-21-15-11-19-17-21)2-4-6-8-10-14-22-16-12-20-18-22;3-1(4)2(5)6/h11-12,15-18H,1-10,13-14H2;(H,3,4)(H,5,6). The average molecular weight is 393 g/mol. The first kappa shape index (κ1) is 23.4. The Kier molecular flexibility index (Phi) is 12.9. The molecule has 0 fully saturated rings. The van der Waals surface area contributed by atoms with Crippen molar-refractivity contribution in [3.63, 3.8) is 0 Å². The van der Waals surface area contributed by atoms with E-state index in [1.54, 1.807) is 0 Å². The van der Waals surface area contributed by atoms with Gasteiger partial charge in [-0.05, 0) is 12.8 Å². The monoisotopic (exact) mass is 392 g/mol. The zero-order valence-electron chi connectivity index (χ0n) is 16.4. The molecule has 0 spiro atoms. The van der Waals surface area contributed by atoms with Crippen molar-refractivity contribution >= 4 is 11.9 Å². The first-order valence-corrected chi connectivity index (χ1v) is 9.97. The van der Waals surface area contributed by atoms with Crippen molar-refractivity contribution in [3.8, 4) is 0 Å². The van der Waals surface area contributed by atoms with Crippen LogP contribution in [0.2, 0.25) is 0 Å². The Labute approximate surface area is 166 Å². The van der Waals surface area contributed by atoms with Gasteiger partial charge in [0, 0.05) is 37.9 Å². The van der Waals surface area contributed by atoms with E-state index < -0.39 is 11.9 Å². The lowest BCUT2D eigenvalue weighted by molar-refractivity contribution is -0.159. The van der Waals surface area contributed by atoms with E-state index in [0.717, 1.165) is 13.1 Å². The van der Waals surface area contributed by atoms with Gasteiger partial charge in [0.25, 0.3) is 0 Å². The Morgan fingerprint density at radius 1 is 0.607 bits per heavy atom. The summed E-state index contributed by atoms with van der Waals surface area (Å²) in [6, 6.07) is 0. The van der Waals surface area contributed by atoms with Crippen LogP contribution in [0.5, 0.6) is 0 Å². The summed E-state index contributed by atoms with van der Waals surface area (Å²) < 4.78 is 4.34. The molecule has 2 aromatic heterocycles. The Hall–Kier alpha value is -2.64. The van der Waals surface area contributed by atoms with Gasteiger partial charge in [-0.25, -0.2) is 19.6 Å². The van der Waals surface area contributed by atoms with Crippen LogP contribution in [0.15, 0.2) is 37.4 Å². The number of imidazole rings is 2. The topological polar surface area (TPSA) is 110 Å². The van der Waals surface area contributed by atoms with E-state index in [2.05, 4.69) is 19.1 Å². The molecule has 0 bridgehead atoms. The van der Waals surface area contributed by atoms with Crippen molar-refractivity contribution in [2.75, 3.05) is 0 Å². The molecular formula is C20H32N4O4. The van der Waals surface area contributed by atoms with Gasteiger partial charge in [-0.2, -0.15) is 0 Å². The van der Waals surface area contributed by atoms with E-state index >= 15 is 0 Å². The van der Waals surface area contributed by atoms with Crippen LogP contribution < -0.4 is 0 Å². The zero-order chi connectivity index (χ0) is 20.5. The number of hydrogen-bond donors (Lipinski definition) is 2. The smallest absolute Gasteiger partial charge is 0.414 e. The third-order valence-corrected chi connectivity index (χ3v) is 4.38. The highest BCUT2D eigenvalue weighted by atomic mass is 16.4. The summed E-state index contributed by atoms with van der Waals surface area (Å²) in [4.78, 5) is 26.3. The fourth-order valence-electron chi connectivity index (χ4n) is 2.84. The minimum atomic E-state index is -1.82. The predicted octanol–water partition coefficient (Wildman–Crippen LogP) is 3.84. The molecule has 2 heterocycles. The first-order chi connectivity index (χ1) is 13.6. The SMILES string of the molecule is O=C(O)C(=O)O.c1cn(CCCCCCCCCCCCn2ccnc2)cn1. The second kappa shape index (κ2) is 15.4. The summed E-state index contributed by atoms with van der Waals surface area (Å²) in [7, 11) is 0. The molecule has 0 aromatic carbocycles. The van der Waals surface area contributed by atoms with Gasteiger partial charge in [-0.15, -0.1) is 0 Å².